The van der Waals surface area contributed by atoms with E-state index < -0.39 is 0 Å². The molecule has 0 bridgehead atoms. The molecule has 1 aliphatic heterocycles. The van der Waals surface area contributed by atoms with Gasteiger partial charge < -0.3 is 14.8 Å². The van der Waals surface area contributed by atoms with Gasteiger partial charge in [0.2, 0.25) is 0 Å². The second-order valence-corrected chi connectivity index (χ2v) is 9.21. The molecule has 1 aromatic carbocycles. The van der Waals surface area contributed by atoms with Gasteiger partial charge in [-0.15, -0.1) is 45.9 Å². The van der Waals surface area contributed by atoms with Gasteiger partial charge in [0.1, 0.15) is 12.4 Å². The normalized spacial score (nSPS) is 15.2. The average molecular weight is 563 g/mol. The van der Waals surface area contributed by atoms with Gasteiger partial charge >= 0.3 is 0 Å². The number of thioether (sulfide) groups is 1. The van der Waals surface area contributed by atoms with E-state index >= 15 is 0 Å². The van der Waals surface area contributed by atoms with Crippen LogP contribution in [0.5, 0.6) is 0 Å². The molecule has 9 heteroatoms. The summed E-state index contributed by atoms with van der Waals surface area (Å²) in [5, 5.41) is 13.4. The first-order valence-corrected chi connectivity index (χ1v) is 11.6. The summed E-state index contributed by atoms with van der Waals surface area (Å²) in [6.07, 6.45) is 4.60. The van der Waals surface area contributed by atoms with E-state index in [4.69, 9.17) is 16.6 Å². The number of halogens is 2. The Balaban J connectivity index is 0.00000320. The highest BCUT2D eigenvalue weighted by atomic mass is 127. The molecule has 3 rings (SSSR count). The molecule has 0 spiro atoms. The number of nitrogens with zero attached hydrogens (tertiary/aromatic N) is 5. The maximum Gasteiger partial charge on any atom is 0.194 e. The highest BCUT2D eigenvalue weighted by molar-refractivity contribution is 14.0. The van der Waals surface area contributed by atoms with E-state index in [1.54, 1.807) is 0 Å². The fourth-order valence-corrected chi connectivity index (χ4v) is 4.52. The summed E-state index contributed by atoms with van der Waals surface area (Å²) < 4.78 is 2.00. The Hall–Kier alpha value is -1.000. The Morgan fingerprint density at radius 1 is 1.23 bits per heavy atom. The first kappa shape index (κ1) is 25.3. The second kappa shape index (κ2) is 12.8. The Bertz CT molecular complexity index is 802. The molecule has 1 fully saturated rings. The summed E-state index contributed by atoms with van der Waals surface area (Å²) in [6.45, 7) is 7.70. The van der Waals surface area contributed by atoms with Gasteiger partial charge in [-0.2, -0.15) is 0 Å². The molecular weight excluding hydrogens is 531 g/mol. The third-order valence-corrected chi connectivity index (χ3v) is 6.83. The molecule has 1 saturated heterocycles. The quantitative estimate of drug-likeness (QED) is 0.225. The molecule has 0 amide bonds. The molecule has 1 aromatic heterocycles. The number of guanidine groups is 1. The van der Waals surface area contributed by atoms with Crippen molar-refractivity contribution in [1.82, 2.24) is 25.0 Å². The Morgan fingerprint density at radius 3 is 2.53 bits per heavy atom. The molecule has 0 saturated carbocycles. The van der Waals surface area contributed by atoms with Crippen LogP contribution >= 0.6 is 47.3 Å². The van der Waals surface area contributed by atoms with Crippen molar-refractivity contribution in [1.29, 1.82) is 0 Å². The number of rotatable bonds is 7. The van der Waals surface area contributed by atoms with Gasteiger partial charge in [0.25, 0.3) is 0 Å². The van der Waals surface area contributed by atoms with Crippen LogP contribution in [-0.2, 0) is 13.6 Å². The van der Waals surface area contributed by atoms with E-state index in [0.717, 1.165) is 61.5 Å². The van der Waals surface area contributed by atoms with Crippen LogP contribution in [0.3, 0.4) is 0 Å². The molecular formula is C21H32ClIN6S. The summed E-state index contributed by atoms with van der Waals surface area (Å²) in [5.41, 5.74) is 0. The zero-order valence-electron chi connectivity index (χ0n) is 18.0. The van der Waals surface area contributed by atoms with E-state index in [9.17, 15) is 0 Å². The van der Waals surface area contributed by atoms with Crippen molar-refractivity contribution in [3.63, 3.8) is 0 Å². The monoisotopic (exact) mass is 562 g/mol. The van der Waals surface area contributed by atoms with Crippen LogP contribution in [0.15, 0.2) is 34.2 Å². The highest BCUT2D eigenvalue weighted by Crippen LogP contribution is 2.31. The predicted molar refractivity (Wildman–Crippen MR) is 137 cm³/mol. The molecule has 30 heavy (non-hydrogen) atoms. The van der Waals surface area contributed by atoms with E-state index in [1.807, 2.05) is 42.4 Å². The molecule has 2 aromatic rings. The topological polar surface area (TPSA) is 58.3 Å². The van der Waals surface area contributed by atoms with Gasteiger partial charge in [0.05, 0.1) is 0 Å². The number of benzene rings is 1. The third kappa shape index (κ3) is 7.30. The minimum atomic E-state index is 0. The molecule has 166 valence electrons. The predicted octanol–water partition coefficient (Wildman–Crippen LogP) is 4.90. The molecule has 2 heterocycles. The van der Waals surface area contributed by atoms with Crippen LogP contribution in [0.4, 0.5) is 0 Å². The number of aromatic nitrogens is 3. The lowest BCUT2D eigenvalue weighted by Gasteiger charge is -2.34. The van der Waals surface area contributed by atoms with Crippen molar-refractivity contribution < 1.29 is 0 Å². The Labute approximate surface area is 206 Å². The number of aryl methyl sites for hydroxylation is 1. The molecule has 1 N–H and O–H groups in total. The van der Waals surface area contributed by atoms with Gasteiger partial charge in [0, 0.05) is 41.8 Å². The largest absolute Gasteiger partial charge is 0.356 e. The molecule has 0 atom stereocenters. The van der Waals surface area contributed by atoms with E-state index in [0.29, 0.717) is 11.8 Å². The summed E-state index contributed by atoms with van der Waals surface area (Å²) in [4.78, 5) is 8.55. The van der Waals surface area contributed by atoms with Crippen molar-refractivity contribution in [2.45, 2.75) is 56.2 Å². The average Bonchev–Trinajstić information content (AvgIpc) is 3.05. The number of likely N-dealkylation sites (tertiary alicyclic amines) is 1. The van der Waals surface area contributed by atoms with Gasteiger partial charge in [-0.1, -0.05) is 24.9 Å². The summed E-state index contributed by atoms with van der Waals surface area (Å²) in [5.74, 6) is 2.80. The fourth-order valence-electron chi connectivity index (χ4n) is 3.27. The van der Waals surface area contributed by atoms with Crippen molar-refractivity contribution >= 4 is 53.3 Å². The molecule has 0 radical (unpaired) electrons. The minimum absolute atomic E-state index is 0. The summed E-state index contributed by atoms with van der Waals surface area (Å²) in [6, 6.07) is 8.16. The van der Waals surface area contributed by atoms with Gasteiger partial charge in [-0.25, -0.2) is 4.99 Å². The van der Waals surface area contributed by atoms with Crippen LogP contribution in [0.25, 0.3) is 0 Å². The maximum atomic E-state index is 6.00. The number of unbranched alkanes of at least 4 members (excludes halogenated alkanes) is 1. The van der Waals surface area contributed by atoms with Gasteiger partial charge in [-0.3, -0.25) is 0 Å². The van der Waals surface area contributed by atoms with Crippen LogP contribution in [-0.4, -0.2) is 50.5 Å². The van der Waals surface area contributed by atoms with Crippen LogP contribution in [0.2, 0.25) is 5.02 Å². The first-order chi connectivity index (χ1) is 14.1. The van der Waals surface area contributed by atoms with E-state index in [-0.39, 0.29) is 24.0 Å². The standard InChI is InChI=1S/C21H31ClN6S.HI/c1-4-5-12-23-21(24-15-20-26-25-16(2)27(20)3)28-13-10-19(11-14-28)29-18-8-6-17(22)7-9-18;/h6-9,19H,4-5,10-15H2,1-3H3,(H,23,24);1H. The lowest BCUT2D eigenvalue weighted by atomic mass is 10.1. The maximum absolute atomic E-state index is 6.00. The lowest BCUT2D eigenvalue weighted by Crippen LogP contribution is -2.46. The van der Waals surface area contributed by atoms with E-state index in [2.05, 4.69) is 39.5 Å². The Kier molecular flexibility index (Phi) is 10.7. The Morgan fingerprint density at radius 2 is 1.93 bits per heavy atom. The number of nitrogens with one attached hydrogen (secondary N) is 1. The van der Waals surface area contributed by atoms with Crippen molar-refractivity contribution in [2.24, 2.45) is 12.0 Å². The van der Waals surface area contributed by atoms with Gasteiger partial charge in [0.15, 0.2) is 11.8 Å². The van der Waals surface area contributed by atoms with Crippen molar-refractivity contribution in [2.75, 3.05) is 19.6 Å². The fraction of sp³-hybridized carbons (Fsp3) is 0.571. The molecule has 0 unspecified atom stereocenters. The van der Waals surface area contributed by atoms with Gasteiger partial charge in [-0.05, 0) is 50.5 Å². The van der Waals surface area contributed by atoms with Crippen molar-refractivity contribution in [3.8, 4) is 0 Å². The minimum Gasteiger partial charge on any atom is -0.356 e. The first-order valence-electron chi connectivity index (χ1n) is 10.4. The lowest BCUT2D eigenvalue weighted by molar-refractivity contribution is 0.336. The third-order valence-electron chi connectivity index (χ3n) is 5.22. The zero-order chi connectivity index (χ0) is 20.6. The number of aliphatic imine (C=N–C) groups is 1. The van der Waals surface area contributed by atoms with E-state index in [1.165, 1.54) is 11.3 Å². The smallest absolute Gasteiger partial charge is 0.194 e. The summed E-state index contributed by atoms with van der Waals surface area (Å²) >= 11 is 7.96. The van der Waals surface area contributed by atoms with Crippen LogP contribution in [0, 0.1) is 6.92 Å². The highest BCUT2D eigenvalue weighted by Gasteiger charge is 2.22. The molecule has 0 aliphatic carbocycles. The number of hydrogen-bond donors (Lipinski definition) is 1. The summed E-state index contributed by atoms with van der Waals surface area (Å²) in [7, 11) is 1.99. The number of hydrogen-bond acceptors (Lipinski definition) is 4. The molecule has 1 aliphatic rings. The van der Waals surface area contributed by atoms with Crippen molar-refractivity contribution in [3.05, 3.63) is 40.9 Å². The zero-order valence-corrected chi connectivity index (χ0v) is 21.9. The van der Waals surface area contributed by atoms with Crippen LogP contribution < -0.4 is 5.32 Å². The second-order valence-electron chi connectivity index (χ2n) is 7.40. The van der Waals surface area contributed by atoms with Crippen LogP contribution in [0.1, 0.15) is 44.3 Å². The number of piperidine rings is 1. The molecule has 6 nitrogen and oxygen atoms in total. The SMILES string of the molecule is CCCCNC(=NCc1nnc(C)n1C)N1CCC(Sc2ccc(Cl)cc2)CC1.I.